The van der Waals surface area contributed by atoms with Crippen LogP contribution in [0, 0.1) is 16.7 Å². The SMILES string of the molecule is N#Cc1ccc(NCC2(CCO)CC2)nc1. The molecule has 1 fully saturated rings. The number of nitrogens with one attached hydrogen (secondary N) is 1. The van der Waals surface area contributed by atoms with Gasteiger partial charge in [-0.05, 0) is 36.8 Å². The van der Waals surface area contributed by atoms with Crippen molar-refractivity contribution in [2.24, 2.45) is 5.41 Å². The molecule has 1 aromatic rings. The minimum Gasteiger partial charge on any atom is -0.396 e. The number of anilines is 1. The highest BCUT2D eigenvalue weighted by Gasteiger charge is 2.41. The maximum atomic E-state index is 8.93. The summed E-state index contributed by atoms with van der Waals surface area (Å²) in [5, 5.41) is 20.8. The molecule has 0 atom stereocenters. The zero-order valence-electron chi connectivity index (χ0n) is 9.11. The molecule has 0 amide bonds. The summed E-state index contributed by atoms with van der Waals surface area (Å²) < 4.78 is 0. The fourth-order valence-corrected chi connectivity index (χ4v) is 1.77. The molecule has 2 rings (SSSR count). The minimum atomic E-state index is 0.252. The van der Waals surface area contributed by atoms with E-state index >= 15 is 0 Å². The monoisotopic (exact) mass is 217 g/mol. The van der Waals surface area contributed by atoms with E-state index in [2.05, 4.69) is 10.3 Å². The van der Waals surface area contributed by atoms with E-state index in [1.807, 2.05) is 12.1 Å². The Balaban J connectivity index is 1.88. The van der Waals surface area contributed by atoms with E-state index in [1.165, 1.54) is 12.8 Å². The number of hydrogen-bond donors (Lipinski definition) is 2. The van der Waals surface area contributed by atoms with E-state index in [-0.39, 0.29) is 12.0 Å². The van der Waals surface area contributed by atoms with Gasteiger partial charge in [-0.2, -0.15) is 5.26 Å². The molecule has 0 bridgehead atoms. The van der Waals surface area contributed by atoms with Crippen LogP contribution in [0.4, 0.5) is 5.82 Å². The van der Waals surface area contributed by atoms with Crippen LogP contribution in [0.25, 0.3) is 0 Å². The van der Waals surface area contributed by atoms with Gasteiger partial charge >= 0.3 is 0 Å². The molecular formula is C12H15N3O. The van der Waals surface area contributed by atoms with Crippen LogP contribution in [0.5, 0.6) is 0 Å². The molecule has 84 valence electrons. The lowest BCUT2D eigenvalue weighted by Crippen LogP contribution is -2.17. The molecule has 1 aromatic heterocycles. The van der Waals surface area contributed by atoms with Crippen molar-refractivity contribution in [2.45, 2.75) is 19.3 Å². The van der Waals surface area contributed by atoms with Gasteiger partial charge in [-0.25, -0.2) is 4.98 Å². The number of nitrogens with zero attached hydrogens (tertiary/aromatic N) is 2. The van der Waals surface area contributed by atoms with Crippen LogP contribution in [-0.4, -0.2) is 23.2 Å². The van der Waals surface area contributed by atoms with Crippen molar-refractivity contribution in [3.8, 4) is 6.07 Å². The maximum absolute atomic E-state index is 8.93. The van der Waals surface area contributed by atoms with Crippen molar-refractivity contribution >= 4 is 5.82 Å². The second kappa shape index (κ2) is 4.50. The highest BCUT2D eigenvalue weighted by atomic mass is 16.3. The summed E-state index contributed by atoms with van der Waals surface area (Å²) in [6.07, 6.45) is 4.78. The van der Waals surface area contributed by atoms with Crippen LogP contribution in [0.1, 0.15) is 24.8 Å². The summed E-state index contributed by atoms with van der Waals surface area (Å²) in [7, 11) is 0. The van der Waals surface area contributed by atoms with Crippen molar-refractivity contribution in [1.29, 1.82) is 5.26 Å². The average Bonchev–Trinajstić information content (AvgIpc) is 3.08. The van der Waals surface area contributed by atoms with E-state index in [0.29, 0.717) is 5.56 Å². The van der Waals surface area contributed by atoms with Gasteiger partial charge < -0.3 is 10.4 Å². The molecule has 0 saturated heterocycles. The number of aliphatic hydroxyl groups excluding tert-OH is 1. The topological polar surface area (TPSA) is 68.9 Å². The molecule has 16 heavy (non-hydrogen) atoms. The number of rotatable bonds is 5. The molecule has 4 heteroatoms. The van der Waals surface area contributed by atoms with Gasteiger partial charge in [0, 0.05) is 19.3 Å². The number of nitriles is 1. The summed E-state index contributed by atoms with van der Waals surface area (Å²) in [4.78, 5) is 4.14. The van der Waals surface area contributed by atoms with Crippen LogP contribution in [0.2, 0.25) is 0 Å². The quantitative estimate of drug-likeness (QED) is 0.784. The van der Waals surface area contributed by atoms with Crippen molar-refractivity contribution in [1.82, 2.24) is 4.98 Å². The molecule has 0 aliphatic heterocycles. The van der Waals surface area contributed by atoms with Gasteiger partial charge in [0.25, 0.3) is 0 Å². The lowest BCUT2D eigenvalue weighted by molar-refractivity contribution is 0.253. The molecule has 1 aliphatic carbocycles. The first kappa shape index (κ1) is 10.9. The van der Waals surface area contributed by atoms with Gasteiger partial charge in [0.15, 0.2) is 0 Å². The minimum absolute atomic E-state index is 0.252. The number of aliphatic hydroxyl groups is 1. The molecule has 0 unspecified atom stereocenters. The van der Waals surface area contributed by atoms with Gasteiger partial charge in [0.05, 0.1) is 5.56 Å². The largest absolute Gasteiger partial charge is 0.396 e. The van der Waals surface area contributed by atoms with Crippen molar-refractivity contribution in [2.75, 3.05) is 18.5 Å². The van der Waals surface area contributed by atoms with E-state index in [4.69, 9.17) is 10.4 Å². The van der Waals surface area contributed by atoms with Gasteiger partial charge in [-0.15, -0.1) is 0 Å². The Morgan fingerprint density at radius 3 is 2.81 bits per heavy atom. The first-order valence-electron chi connectivity index (χ1n) is 5.49. The second-order valence-corrected chi connectivity index (χ2v) is 4.37. The fraction of sp³-hybridized carbons (Fsp3) is 0.500. The standard InChI is InChI=1S/C12H15N3O/c13-7-10-1-2-11(14-8-10)15-9-12(3-4-12)5-6-16/h1-2,8,16H,3-6,9H2,(H,14,15). The predicted octanol–water partition coefficient (Wildman–Crippen LogP) is 1.53. The smallest absolute Gasteiger partial charge is 0.125 e. The molecular weight excluding hydrogens is 202 g/mol. The van der Waals surface area contributed by atoms with Gasteiger partial charge in [-0.3, -0.25) is 0 Å². The Labute approximate surface area is 94.9 Å². The Hall–Kier alpha value is -1.60. The van der Waals surface area contributed by atoms with Crippen LogP contribution >= 0.6 is 0 Å². The van der Waals surface area contributed by atoms with E-state index in [9.17, 15) is 0 Å². The van der Waals surface area contributed by atoms with Crippen molar-refractivity contribution in [3.05, 3.63) is 23.9 Å². The molecule has 1 heterocycles. The highest BCUT2D eigenvalue weighted by molar-refractivity contribution is 5.39. The average molecular weight is 217 g/mol. The number of aromatic nitrogens is 1. The Kier molecular flexibility index (Phi) is 3.07. The van der Waals surface area contributed by atoms with E-state index < -0.39 is 0 Å². The molecule has 4 nitrogen and oxygen atoms in total. The summed E-state index contributed by atoms with van der Waals surface area (Å²) in [6.45, 7) is 1.11. The van der Waals surface area contributed by atoms with Crippen LogP contribution in [0.15, 0.2) is 18.3 Å². The zero-order valence-corrected chi connectivity index (χ0v) is 9.11. The van der Waals surface area contributed by atoms with Gasteiger partial charge in [0.2, 0.25) is 0 Å². The van der Waals surface area contributed by atoms with Gasteiger partial charge in [0.1, 0.15) is 11.9 Å². The summed E-state index contributed by atoms with van der Waals surface area (Å²) in [6, 6.07) is 5.60. The van der Waals surface area contributed by atoms with E-state index in [0.717, 1.165) is 18.8 Å². The Bertz CT molecular complexity index is 390. The predicted molar refractivity (Wildman–Crippen MR) is 60.8 cm³/mol. The molecule has 0 spiro atoms. The first-order chi connectivity index (χ1) is 7.78. The summed E-state index contributed by atoms with van der Waals surface area (Å²) in [5.41, 5.74) is 0.853. The third-order valence-electron chi connectivity index (χ3n) is 3.14. The Morgan fingerprint density at radius 1 is 1.50 bits per heavy atom. The third-order valence-corrected chi connectivity index (χ3v) is 3.14. The summed E-state index contributed by atoms with van der Waals surface area (Å²) >= 11 is 0. The highest BCUT2D eigenvalue weighted by Crippen LogP contribution is 2.48. The maximum Gasteiger partial charge on any atom is 0.125 e. The fourth-order valence-electron chi connectivity index (χ4n) is 1.77. The number of hydrogen-bond acceptors (Lipinski definition) is 4. The molecule has 2 N–H and O–H groups in total. The first-order valence-corrected chi connectivity index (χ1v) is 5.49. The molecule has 0 aromatic carbocycles. The van der Waals surface area contributed by atoms with Crippen molar-refractivity contribution < 1.29 is 5.11 Å². The van der Waals surface area contributed by atoms with Gasteiger partial charge in [-0.1, -0.05) is 0 Å². The third kappa shape index (κ3) is 2.50. The molecule has 1 saturated carbocycles. The number of pyridine rings is 1. The summed E-state index contributed by atoms with van der Waals surface area (Å²) in [5.74, 6) is 0.795. The van der Waals surface area contributed by atoms with Crippen molar-refractivity contribution in [3.63, 3.8) is 0 Å². The lowest BCUT2D eigenvalue weighted by Gasteiger charge is -2.14. The van der Waals surface area contributed by atoms with Crippen LogP contribution < -0.4 is 5.32 Å². The van der Waals surface area contributed by atoms with Crippen LogP contribution in [-0.2, 0) is 0 Å². The molecule has 0 radical (unpaired) electrons. The second-order valence-electron chi connectivity index (χ2n) is 4.37. The molecule has 1 aliphatic rings. The Morgan fingerprint density at radius 2 is 2.31 bits per heavy atom. The van der Waals surface area contributed by atoms with Crippen LogP contribution in [0.3, 0.4) is 0 Å². The lowest BCUT2D eigenvalue weighted by atomic mass is 10.0. The normalized spacial score (nSPS) is 16.5. The van der Waals surface area contributed by atoms with E-state index in [1.54, 1.807) is 12.3 Å². The zero-order chi connectivity index (χ0) is 11.4.